The molecule has 0 aliphatic heterocycles. The summed E-state index contributed by atoms with van der Waals surface area (Å²) in [5, 5.41) is 24.7. The molecule has 2 aliphatic rings. The maximum Gasteiger partial charge on any atom is 0.317 e. The highest BCUT2D eigenvalue weighted by molar-refractivity contribution is 5.75. The Kier molecular flexibility index (Phi) is 5.13. The summed E-state index contributed by atoms with van der Waals surface area (Å²) in [7, 11) is 0. The van der Waals surface area contributed by atoms with Crippen molar-refractivity contribution in [2.24, 2.45) is 0 Å². The van der Waals surface area contributed by atoms with Crippen molar-refractivity contribution in [3.05, 3.63) is 29.3 Å². The lowest BCUT2D eigenvalue weighted by Gasteiger charge is -2.42. The van der Waals surface area contributed by atoms with Crippen LogP contribution >= 0.6 is 0 Å². The number of likely N-dealkylation sites (N-methyl/N-ethyl adjacent to an activating group) is 1. The molecule has 1 aromatic carbocycles. The normalized spacial score (nSPS) is 24.5. The van der Waals surface area contributed by atoms with E-state index in [1.54, 1.807) is 6.07 Å². The van der Waals surface area contributed by atoms with Gasteiger partial charge in [-0.05, 0) is 49.4 Å². The number of aliphatic carboxylic acids is 1. The number of rotatable bonds is 6. The predicted octanol–water partition coefficient (Wildman–Crippen LogP) is 1.10. The Morgan fingerprint density at radius 1 is 1.20 bits per heavy atom. The lowest BCUT2D eigenvalue weighted by atomic mass is 9.85. The first kappa shape index (κ1) is 17.5. The third-order valence-corrected chi connectivity index (χ3v) is 5.21. The summed E-state index contributed by atoms with van der Waals surface area (Å²) in [5.74, 6) is -0.526. The molecule has 1 unspecified atom stereocenters. The molecule has 0 bridgehead atoms. The molecular weight excluding hydrogens is 322 g/mol. The van der Waals surface area contributed by atoms with Crippen LogP contribution in [0.5, 0.6) is 5.75 Å². The fourth-order valence-electron chi connectivity index (χ4n) is 3.82. The molecule has 2 amide bonds. The van der Waals surface area contributed by atoms with Gasteiger partial charge < -0.3 is 20.8 Å². The number of hydrogen-bond donors (Lipinski definition) is 4. The Hall–Kier alpha value is -2.28. The maximum atomic E-state index is 12.2. The minimum atomic E-state index is -0.819. The van der Waals surface area contributed by atoms with Crippen LogP contribution in [-0.2, 0) is 17.6 Å². The highest BCUT2D eigenvalue weighted by atomic mass is 16.4. The van der Waals surface area contributed by atoms with Crippen LogP contribution in [0.25, 0.3) is 0 Å². The number of nitrogens with zero attached hydrogens (tertiary/aromatic N) is 1. The second kappa shape index (κ2) is 7.31. The van der Waals surface area contributed by atoms with Crippen LogP contribution in [0.15, 0.2) is 18.2 Å². The average Bonchev–Trinajstić information content (AvgIpc) is 2.92. The van der Waals surface area contributed by atoms with E-state index in [-0.39, 0.29) is 30.7 Å². The van der Waals surface area contributed by atoms with Gasteiger partial charge in [-0.2, -0.15) is 0 Å². The molecule has 1 aromatic rings. The number of carboxylic acids is 1. The van der Waals surface area contributed by atoms with Gasteiger partial charge in [-0.3, -0.25) is 9.69 Å². The molecule has 7 heteroatoms. The number of hydrogen-bond acceptors (Lipinski definition) is 4. The number of urea groups is 1. The number of fused-ring (bicyclic) bond motifs is 1. The summed E-state index contributed by atoms with van der Waals surface area (Å²) >= 11 is 0. The molecule has 2 aliphatic carbocycles. The van der Waals surface area contributed by atoms with E-state index in [4.69, 9.17) is 5.11 Å². The van der Waals surface area contributed by atoms with Gasteiger partial charge in [-0.25, -0.2) is 4.79 Å². The molecule has 1 saturated carbocycles. The molecule has 1 atom stereocenters. The van der Waals surface area contributed by atoms with Crippen molar-refractivity contribution < 1.29 is 19.8 Å². The molecule has 0 saturated heterocycles. The van der Waals surface area contributed by atoms with E-state index in [9.17, 15) is 14.7 Å². The number of carbonyl (C=O) groups is 2. The van der Waals surface area contributed by atoms with Crippen LogP contribution < -0.4 is 10.6 Å². The van der Waals surface area contributed by atoms with Crippen LogP contribution in [-0.4, -0.2) is 58.3 Å². The summed E-state index contributed by atoms with van der Waals surface area (Å²) < 4.78 is 0. The molecule has 0 spiro atoms. The van der Waals surface area contributed by atoms with Crippen LogP contribution in [0.4, 0.5) is 4.79 Å². The van der Waals surface area contributed by atoms with Crippen molar-refractivity contribution >= 4 is 12.0 Å². The third-order valence-electron chi connectivity index (χ3n) is 5.21. The molecule has 4 N–H and O–H groups in total. The van der Waals surface area contributed by atoms with Crippen LogP contribution in [0.3, 0.4) is 0 Å². The number of phenolic OH excluding ortho intramolecular Hbond substituents is 1. The Morgan fingerprint density at radius 2 is 1.92 bits per heavy atom. The second-order valence-corrected chi connectivity index (χ2v) is 6.92. The van der Waals surface area contributed by atoms with Crippen LogP contribution in [0, 0.1) is 0 Å². The fraction of sp³-hybridized carbons (Fsp3) is 0.556. The smallest absolute Gasteiger partial charge is 0.317 e. The summed E-state index contributed by atoms with van der Waals surface area (Å²) in [6.07, 6.45) is 2.93. The largest absolute Gasteiger partial charge is 0.508 e. The Labute approximate surface area is 147 Å². The quantitative estimate of drug-likeness (QED) is 0.617. The van der Waals surface area contributed by atoms with Gasteiger partial charge in [-0.1, -0.05) is 19.1 Å². The molecule has 0 heterocycles. The average molecular weight is 347 g/mol. The second-order valence-electron chi connectivity index (χ2n) is 6.92. The lowest BCUT2D eigenvalue weighted by molar-refractivity contribution is -0.139. The highest BCUT2D eigenvalue weighted by Gasteiger charge is 2.35. The lowest BCUT2D eigenvalue weighted by Crippen LogP contribution is -2.57. The predicted molar refractivity (Wildman–Crippen MR) is 92.7 cm³/mol. The fourth-order valence-corrected chi connectivity index (χ4v) is 3.82. The zero-order valence-corrected chi connectivity index (χ0v) is 14.4. The van der Waals surface area contributed by atoms with E-state index in [0.29, 0.717) is 18.7 Å². The molecule has 0 radical (unpaired) electrons. The monoisotopic (exact) mass is 347 g/mol. The molecule has 136 valence electrons. The van der Waals surface area contributed by atoms with Gasteiger partial charge in [0.15, 0.2) is 0 Å². The van der Waals surface area contributed by atoms with Gasteiger partial charge in [0.05, 0.1) is 6.54 Å². The highest BCUT2D eigenvalue weighted by Crippen LogP contribution is 2.30. The van der Waals surface area contributed by atoms with E-state index in [2.05, 4.69) is 10.6 Å². The number of benzene rings is 1. The first-order chi connectivity index (χ1) is 12.0. The van der Waals surface area contributed by atoms with E-state index in [0.717, 1.165) is 30.4 Å². The van der Waals surface area contributed by atoms with Crippen molar-refractivity contribution in [2.75, 3.05) is 13.1 Å². The van der Waals surface area contributed by atoms with E-state index in [1.807, 2.05) is 24.0 Å². The Morgan fingerprint density at radius 3 is 2.56 bits per heavy atom. The molecule has 0 aromatic heterocycles. The molecule has 25 heavy (non-hydrogen) atoms. The van der Waals surface area contributed by atoms with Crippen molar-refractivity contribution in [3.8, 4) is 5.75 Å². The molecule has 7 nitrogen and oxygen atoms in total. The minimum Gasteiger partial charge on any atom is -0.508 e. The summed E-state index contributed by atoms with van der Waals surface area (Å²) in [6.45, 7) is 2.69. The van der Waals surface area contributed by atoms with Crippen molar-refractivity contribution in [1.82, 2.24) is 15.5 Å². The van der Waals surface area contributed by atoms with Gasteiger partial charge >= 0.3 is 12.0 Å². The van der Waals surface area contributed by atoms with Crippen molar-refractivity contribution in [2.45, 2.75) is 50.7 Å². The molecular formula is C18H25N3O4. The summed E-state index contributed by atoms with van der Waals surface area (Å²) in [5.41, 5.74) is 2.00. The van der Waals surface area contributed by atoms with E-state index in [1.165, 1.54) is 0 Å². The SMILES string of the molecule is CCN(CC(=O)O)C1CC(NC(=O)NC2Cc3cccc(O)c3C2)C1. The van der Waals surface area contributed by atoms with Crippen molar-refractivity contribution in [3.63, 3.8) is 0 Å². The topological polar surface area (TPSA) is 102 Å². The van der Waals surface area contributed by atoms with Crippen molar-refractivity contribution in [1.29, 1.82) is 0 Å². The third kappa shape index (κ3) is 4.04. The Balaban J connectivity index is 1.42. The first-order valence-corrected chi connectivity index (χ1v) is 8.78. The van der Waals surface area contributed by atoms with Crippen LogP contribution in [0.1, 0.15) is 30.9 Å². The number of carboxylic acid groups (broad SMARTS) is 1. The summed E-state index contributed by atoms with van der Waals surface area (Å²) in [4.78, 5) is 24.9. The van der Waals surface area contributed by atoms with Gasteiger partial charge in [0.2, 0.25) is 0 Å². The Bertz CT molecular complexity index is 658. The van der Waals surface area contributed by atoms with Crippen LogP contribution in [0.2, 0.25) is 0 Å². The number of nitrogens with one attached hydrogen (secondary N) is 2. The standard InChI is InChI=1S/C18H25N3O4/c1-2-21(10-17(23)24)14-7-13(8-14)20-18(25)19-12-6-11-4-3-5-16(22)15(11)9-12/h3-5,12-14,22H,2,6-10H2,1H3,(H,23,24)(H2,19,20,25). The van der Waals surface area contributed by atoms with Gasteiger partial charge in [0.25, 0.3) is 0 Å². The number of aromatic hydroxyl groups is 1. The zero-order valence-electron chi connectivity index (χ0n) is 14.4. The van der Waals surface area contributed by atoms with Gasteiger partial charge in [0.1, 0.15) is 5.75 Å². The van der Waals surface area contributed by atoms with E-state index < -0.39 is 5.97 Å². The van der Waals surface area contributed by atoms with Gasteiger partial charge in [-0.15, -0.1) is 0 Å². The first-order valence-electron chi connectivity index (χ1n) is 8.78. The maximum absolute atomic E-state index is 12.2. The number of amides is 2. The molecule has 3 rings (SSSR count). The zero-order chi connectivity index (χ0) is 18.0. The minimum absolute atomic E-state index is 0.00155. The van der Waals surface area contributed by atoms with E-state index >= 15 is 0 Å². The number of carbonyl (C=O) groups excluding carboxylic acids is 1. The number of phenols is 1. The molecule has 1 fully saturated rings. The van der Waals surface area contributed by atoms with Gasteiger partial charge in [0, 0.05) is 18.1 Å². The summed E-state index contributed by atoms with van der Waals surface area (Å²) in [6, 6.07) is 5.59.